The zero-order chi connectivity index (χ0) is 20.0. The molecule has 0 saturated heterocycles. The van der Waals surface area contributed by atoms with Crippen molar-refractivity contribution < 1.29 is 14.3 Å². The number of nitrogens with one attached hydrogen (secondary N) is 1. The van der Waals surface area contributed by atoms with Crippen LogP contribution in [0.3, 0.4) is 0 Å². The second-order valence-electron chi connectivity index (χ2n) is 6.24. The van der Waals surface area contributed by atoms with Crippen LogP contribution in [-0.4, -0.2) is 35.9 Å². The minimum absolute atomic E-state index is 0.0519. The number of nitrogens with zero attached hydrogens (tertiary/aromatic N) is 1. The summed E-state index contributed by atoms with van der Waals surface area (Å²) in [6.45, 7) is 8.83. The fraction of sp³-hybridized carbons (Fsp3) is 0.333. The van der Waals surface area contributed by atoms with Gasteiger partial charge >= 0.3 is 0 Å². The van der Waals surface area contributed by atoms with Gasteiger partial charge in [0.25, 0.3) is 11.8 Å². The Morgan fingerprint density at radius 1 is 1.15 bits per heavy atom. The lowest BCUT2D eigenvalue weighted by Gasteiger charge is -2.19. The number of amides is 2. The molecule has 0 bridgehead atoms. The number of halogens is 1. The molecular weight excluding hydrogens is 408 g/mol. The van der Waals surface area contributed by atoms with Crippen molar-refractivity contribution in [2.45, 2.75) is 33.8 Å². The molecule has 0 radical (unpaired) electrons. The number of ether oxygens (including phenoxy) is 1. The van der Waals surface area contributed by atoms with Gasteiger partial charge in [-0.2, -0.15) is 0 Å². The van der Waals surface area contributed by atoms with Crippen molar-refractivity contribution in [2.75, 3.05) is 18.4 Å². The maximum Gasteiger partial charge on any atom is 0.265 e. The summed E-state index contributed by atoms with van der Waals surface area (Å²) in [6, 6.07) is 12.6. The number of anilines is 1. The van der Waals surface area contributed by atoms with Crippen LogP contribution in [0.25, 0.3) is 0 Å². The SMILES string of the molecule is CCN(CC)C(=O)c1cccc(NC(=O)C(C)Oc2ccc(C)cc2Br)c1. The third kappa shape index (κ3) is 5.57. The van der Waals surface area contributed by atoms with E-state index in [2.05, 4.69) is 21.2 Å². The Labute approximate surface area is 168 Å². The van der Waals surface area contributed by atoms with Gasteiger partial charge < -0.3 is 15.0 Å². The van der Waals surface area contributed by atoms with Crippen LogP contribution in [0.1, 0.15) is 36.7 Å². The summed E-state index contributed by atoms with van der Waals surface area (Å²) in [7, 11) is 0. The van der Waals surface area contributed by atoms with Crippen LogP contribution in [0.15, 0.2) is 46.9 Å². The minimum atomic E-state index is -0.689. The van der Waals surface area contributed by atoms with Gasteiger partial charge in [0.15, 0.2) is 6.10 Å². The highest BCUT2D eigenvalue weighted by atomic mass is 79.9. The van der Waals surface area contributed by atoms with E-state index in [0.29, 0.717) is 30.1 Å². The third-order valence-corrected chi connectivity index (χ3v) is 4.81. The largest absolute Gasteiger partial charge is 0.480 e. The van der Waals surface area contributed by atoms with E-state index in [1.165, 1.54) is 0 Å². The van der Waals surface area contributed by atoms with E-state index in [4.69, 9.17) is 4.74 Å². The second kappa shape index (κ2) is 9.55. The van der Waals surface area contributed by atoms with E-state index in [-0.39, 0.29) is 11.8 Å². The molecule has 0 heterocycles. The fourth-order valence-corrected chi connectivity index (χ4v) is 3.20. The van der Waals surface area contributed by atoms with Gasteiger partial charge in [-0.1, -0.05) is 12.1 Å². The lowest BCUT2D eigenvalue weighted by molar-refractivity contribution is -0.122. The fourth-order valence-electron chi connectivity index (χ4n) is 2.61. The van der Waals surface area contributed by atoms with Crippen molar-refractivity contribution in [3.05, 3.63) is 58.1 Å². The zero-order valence-electron chi connectivity index (χ0n) is 16.1. The van der Waals surface area contributed by atoms with Gasteiger partial charge in [0.05, 0.1) is 4.47 Å². The first-order valence-electron chi connectivity index (χ1n) is 8.98. The highest BCUT2D eigenvalue weighted by Crippen LogP contribution is 2.27. The van der Waals surface area contributed by atoms with Crippen molar-refractivity contribution in [1.29, 1.82) is 0 Å². The summed E-state index contributed by atoms with van der Waals surface area (Å²) >= 11 is 3.45. The standard InChI is InChI=1S/C21H25BrN2O3/c1-5-24(6-2)21(26)16-8-7-9-17(13-16)23-20(25)15(4)27-19-11-10-14(3)12-18(19)22/h7-13,15H,5-6H2,1-4H3,(H,23,25). The number of carbonyl (C=O) groups is 2. The van der Waals surface area contributed by atoms with Crippen molar-refractivity contribution in [1.82, 2.24) is 4.90 Å². The Morgan fingerprint density at radius 3 is 2.48 bits per heavy atom. The maximum absolute atomic E-state index is 12.5. The van der Waals surface area contributed by atoms with E-state index in [1.807, 2.05) is 39.0 Å². The predicted molar refractivity (Wildman–Crippen MR) is 111 cm³/mol. The first-order chi connectivity index (χ1) is 12.8. The van der Waals surface area contributed by atoms with Gasteiger partial charge in [0.1, 0.15) is 5.75 Å². The molecule has 0 aliphatic heterocycles. The highest BCUT2D eigenvalue weighted by molar-refractivity contribution is 9.10. The summed E-state index contributed by atoms with van der Waals surface area (Å²) in [6.07, 6.45) is -0.689. The number of rotatable bonds is 7. The molecule has 2 aromatic rings. The van der Waals surface area contributed by atoms with E-state index < -0.39 is 6.10 Å². The molecule has 5 nitrogen and oxygen atoms in total. The topological polar surface area (TPSA) is 58.6 Å². The van der Waals surface area contributed by atoms with Gasteiger partial charge in [0, 0.05) is 24.3 Å². The monoisotopic (exact) mass is 432 g/mol. The van der Waals surface area contributed by atoms with Crippen LogP contribution in [0.2, 0.25) is 0 Å². The normalized spacial score (nSPS) is 11.6. The molecule has 27 heavy (non-hydrogen) atoms. The smallest absolute Gasteiger partial charge is 0.265 e. The minimum Gasteiger partial charge on any atom is -0.480 e. The van der Waals surface area contributed by atoms with Crippen molar-refractivity contribution in [3.63, 3.8) is 0 Å². The molecule has 1 unspecified atom stereocenters. The lowest BCUT2D eigenvalue weighted by Crippen LogP contribution is -2.31. The number of hydrogen-bond acceptors (Lipinski definition) is 3. The van der Waals surface area contributed by atoms with Crippen LogP contribution >= 0.6 is 15.9 Å². The molecular formula is C21H25BrN2O3. The maximum atomic E-state index is 12.5. The molecule has 144 valence electrons. The second-order valence-corrected chi connectivity index (χ2v) is 7.10. The zero-order valence-corrected chi connectivity index (χ0v) is 17.7. The Bertz CT molecular complexity index is 819. The van der Waals surface area contributed by atoms with Crippen LogP contribution in [-0.2, 0) is 4.79 Å². The molecule has 2 aromatic carbocycles. The first-order valence-corrected chi connectivity index (χ1v) is 9.78. The highest BCUT2D eigenvalue weighted by Gasteiger charge is 2.18. The average Bonchev–Trinajstić information content (AvgIpc) is 2.65. The summed E-state index contributed by atoms with van der Waals surface area (Å²) in [5.74, 6) is 0.271. The number of aryl methyl sites for hydroxylation is 1. The number of carbonyl (C=O) groups excluding carboxylic acids is 2. The van der Waals surface area contributed by atoms with Crippen LogP contribution in [0, 0.1) is 6.92 Å². The number of hydrogen-bond donors (Lipinski definition) is 1. The molecule has 2 rings (SSSR count). The van der Waals surface area contributed by atoms with Gasteiger partial charge in [-0.3, -0.25) is 9.59 Å². The average molecular weight is 433 g/mol. The molecule has 1 N–H and O–H groups in total. The lowest BCUT2D eigenvalue weighted by atomic mass is 10.1. The molecule has 1 atom stereocenters. The first kappa shape index (κ1) is 21.0. The predicted octanol–water partition coefficient (Wildman–Crippen LogP) is 4.65. The Kier molecular flexibility index (Phi) is 7.42. The van der Waals surface area contributed by atoms with E-state index in [0.717, 1.165) is 10.0 Å². The van der Waals surface area contributed by atoms with Crippen molar-refractivity contribution in [3.8, 4) is 5.75 Å². The van der Waals surface area contributed by atoms with E-state index in [1.54, 1.807) is 36.1 Å². The van der Waals surface area contributed by atoms with Gasteiger partial charge in [-0.05, 0) is 79.5 Å². The summed E-state index contributed by atoms with van der Waals surface area (Å²) in [4.78, 5) is 26.7. The Morgan fingerprint density at radius 2 is 1.85 bits per heavy atom. The van der Waals surface area contributed by atoms with E-state index >= 15 is 0 Å². The van der Waals surface area contributed by atoms with Crippen molar-refractivity contribution >= 4 is 33.4 Å². The van der Waals surface area contributed by atoms with Crippen molar-refractivity contribution in [2.24, 2.45) is 0 Å². The molecule has 0 saturated carbocycles. The molecule has 0 aromatic heterocycles. The summed E-state index contributed by atoms with van der Waals surface area (Å²) < 4.78 is 6.55. The third-order valence-electron chi connectivity index (χ3n) is 4.19. The summed E-state index contributed by atoms with van der Waals surface area (Å²) in [5, 5.41) is 2.81. The van der Waals surface area contributed by atoms with Crippen LogP contribution < -0.4 is 10.1 Å². The van der Waals surface area contributed by atoms with E-state index in [9.17, 15) is 9.59 Å². The quantitative estimate of drug-likeness (QED) is 0.692. The van der Waals surface area contributed by atoms with Gasteiger partial charge in [0.2, 0.25) is 0 Å². The summed E-state index contributed by atoms with van der Waals surface area (Å²) in [5.41, 5.74) is 2.21. The van der Waals surface area contributed by atoms with Crippen LogP contribution in [0.4, 0.5) is 5.69 Å². The molecule has 0 spiro atoms. The number of benzene rings is 2. The molecule has 0 aliphatic rings. The van der Waals surface area contributed by atoms with Gasteiger partial charge in [-0.15, -0.1) is 0 Å². The Balaban J connectivity index is 2.06. The Hall–Kier alpha value is -2.34. The molecule has 0 fully saturated rings. The van der Waals surface area contributed by atoms with Crippen LogP contribution in [0.5, 0.6) is 5.75 Å². The molecule has 0 aliphatic carbocycles. The molecule has 6 heteroatoms. The van der Waals surface area contributed by atoms with Gasteiger partial charge in [-0.25, -0.2) is 0 Å². The molecule has 2 amide bonds.